The SMILES string of the molecule is N#C/C(C(N)=O)=C1/SC(Cc2cccc(Br)c2)C(=O)N1c1ccc(Br)cc1. The van der Waals surface area contributed by atoms with Gasteiger partial charge in [0, 0.05) is 14.6 Å². The summed E-state index contributed by atoms with van der Waals surface area (Å²) in [5, 5.41) is 9.21. The molecule has 1 unspecified atom stereocenters. The molecule has 8 heteroatoms. The summed E-state index contributed by atoms with van der Waals surface area (Å²) < 4.78 is 1.78. The number of rotatable bonds is 4. The zero-order valence-corrected chi connectivity index (χ0v) is 17.8. The van der Waals surface area contributed by atoms with Crippen LogP contribution in [0.3, 0.4) is 0 Å². The zero-order chi connectivity index (χ0) is 19.6. The smallest absolute Gasteiger partial charge is 0.262 e. The number of amides is 2. The van der Waals surface area contributed by atoms with Crippen LogP contribution in [0, 0.1) is 11.3 Å². The molecule has 1 fully saturated rings. The summed E-state index contributed by atoms with van der Waals surface area (Å²) in [6, 6.07) is 16.6. The van der Waals surface area contributed by atoms with E-state index in [0.717, 1.165) is 14.5 Å². The quantitative estimate of drug-likeness (QED) is 0.499. The van der Waals surface area contributed by atoms with E-state index in [1.54, 1.807) is 24.3 Å². The Balaban J connectivity index is 2.03. The van der Waals surface area contributed by atoms with E-state index in [1.165, 1.54) is 16.7 Å². The largest absolute Gasteiger partial charge is 0.365 e. The van der Waals surface area contributed by atoms with E-state index in [0.29, 0.717) is 12.1 Å². The molecule has 0 aliphatic carbocycles. The van der Waals surface area contributed by atoms with Gasteiger partial charge in [0.25, 0.3) is 5.91 Å². The molecule has 0 aromatic heterocycles. The molecule has 3 rings (SSSR count). The number of carbonyl (C=O) groups is 2. The molecule has 2 aromatic carbocycles. The van der Waals surface area contributed by atoms with Crippen molar-refractivity contribution in [1.82, 2.24) is 0 Å². The molecule has 5 nitrogen and oxygen atoms in total. The highest BCUT2D eigenvalue weighted by molar-refractivity contribution is 9.10. The number of hydrogen-bond acceptors (Lipinski definition) is 4. The monoisotopic (exact) mass is 505 g/mol. The first kappa shape index (κ1) is 19.7. The minimum atomic E-state index is -0.849. The molecule has 1 heterocycles. The van der Waals surface area contributed by atoms with Crippen molar-refractivity contribution in [3.05, 3.63) is 73.6 Å². The van der Waals surface area contributed by atoms with Crippen LogP contribution in [0.4, 0.5) is 5.69 Å². The molecule has 136 valence electrons. The van der Waals surface area contributed by atoms with Crippen molar-refractivity contribution in [2.45, 2.75) is 11.7 Å². The molecular weight excluding hydrogens is 494 g/mol. The maximum Gasteiger partial charge on any atom is 0.262 e. The second-order valence-corrected chi connectivity index (χ2v) is 8.77. The molecule has 2 amide bonds. The summed E-state index contributed by atoms with van der Waals surface area (Å²) in [4.78, 5) is 26.3. The summed E-state index contributed by atoms with van der Waals surface area (Å²) in [7, 11) is 0. The Bertz CT molecular complexity index is 983. The van der Waals surface area contributed by atoms with Crippen LogP contribution < -0.4 is 10.6 Å². The van der Waals surface area contributed by atoms with Gasteiger partial charge in [0.05, 0.1) is 5.25 Å². The van der Waals surface area contributed by atoms with Gasteiger partial charge in [-0.25, -0.2) is 0 Å². The minimum absolute atomic E-state index is 0.189. The molecule has 1 saturated heterocycles. The summed E-state index contributed by atoms with van der Waals surface area (Å²) >= 11 is 7.98. The predicted molar refractivity (Wildman–Crippen MR) is 113 cm³/mol. The summed E-state index contributed by atoms with van der Waals surface area (Å²) in [5.41, 5.74) is 6.71. The number of thioether (sulfide) groups is 1. The molecule has 0 radical (unpaired) electrons. The van der Waals surface area contributed by atoms with Gasteiger partial charge >= 0.3 is 0 Å². The van der Waals surface area contributed by atoms with Crippen LogP contribution in [0.5, 0.6) is 0 Å². The van der Waals surface area contributed by atoms with Crippen molar-refractivity contribution < 1.29 is 9.59 Å². The van der Waals surface area contributed by atoms with Gasteiger partial charge in [-0.1, -0.05) is 55.8 Å². The first-order chi connectivity index (χ1) is 12.9. The Morgan fingerprint density at radius 3 is 2.48 bits per heavy atom. The maximum absolute atomic E-state index is 13.1. The number of benzene rings is 2. The number of anilines is 1. The van der Waals surface area contributed by atoms with Gasteiger partial charge in [-0.3, -0.25) is 14.5 Å². The Morgan fingerprint density at radius 2 is 1.89 bits per heavy atom. The van der Waals surface area contributed by atoms with Crippen molar-refractivity contribution in [2.24, 2.45) is 5.73 Å². The van der Waals surface area contributed by atoms with E-state index in [2.05, 4.69) is 31.9 Å². The van der Waals surface area contributed by atoms with Gasteiger partial charge in [-0.15, -0.1) is 0 Å². The number of primary amides is 1. The third kappa shape index (κ3) is 4.26. The van der Waals surface area contributed by atoms with Gasteiger partial charge in [-0.2, -0.15) is 5.26 Å². The lowest BCUT2D eigenvalue weighted by Gasteiger charge is -2.18. The van der Waals surface area contributed by atoms with Crippen molar-refractivity contribution in [3.63, 3.8) is 0 Å². The van der Waals surface area contributed by atoms with Crippen molar-refractivity contribution >= 4 is 61.1 Å². The van der Waals surface area contributed by atoms with E-state index in [9.17, 15) is 14.9 Å². The molecule has 27 heavy (non-hydrogen) atoms. The van der Waals surface area contributed by atoms with E-state index in [4.69, 9.17) is 5.73 Å². The number of nitriles is 1. The van der Waals surface area contributed by atoms with Gasteiger partial charge < -0.3 is 5.73 Å². The van der Waals surface area contributed by atoms with Gasteiger partial charge in [0.15, 0.2) is 0 Å². The molecule has 0 saturated carbocycles. The normalized spacial score (nSPS) is 18.3. The van der Waals surface area contributed by atoms with Crippen LogP contribution in [-0.4, -0.2) is 17.1 Å². The van der Waals surface area contributed by atoms with Crippen molar-refractivity contribution in [1.29, 1.82) is 5.26 Å². The zero-order valence-electron chi connectivity index (χ0n) is 13.9. The van der Waals surface area contributed by atoms with Crippen LogP contribution in [-0.2, 0) is 16.0 Å². The molecule has 0 spiro atoms. The van der Waals surface area contributed by atoms with Crippen LogP contribution >= 0.6 is 43.6 Å². The number of carbonyl (C=O) groups excluding carboxylic acids is 2. The average Bonchev–Trinajstić information content (AvgIpc) is 2.92. The first-order valence-corrected chi connectivity index (χ1v) is 10.3. The molecule has 1 aliphatic rings. The minimum Gasteiger partial charge on any atom is -0.365 e. The number of hydrogen-bond donors (Lipinski definition) is 1. The Kier molecular flexibility index (Phi) is 6.05. The van der Waals surface area contributed by atoms with Crippen LogP contribution in [0.15, 0.2) is 68.1 Å². The van der Waals surface area contributed by atoms with E-state index in [1.807, 2.05) is 30.3 Å². The molecule has 2 N–H and O–H groups in total. The lowest BCUT2D eigenvalue weighted by atomic mass is 10.1. The van der Waals surface area contributed by atoms with E-state index < -0.39 is 11.2 Å². The Labute approximate surface area is 177 Å². The average molecular weight is 507 g/mol. The highest BCUT2D eigenvalue weighted by Gasteiger charge is 2.40. The molecular formula is C19H13Br2N3O2S. The Morgan fingerprint density at radius 1 is 1.19 bits per heavy atom. The fourth-order valence-electron chi connectivity index (χ4n) is 2.70. The molecule has 2 aromatic rings. The standard InChI is InChI=1S/C19H13Br2N3O2S/c20-12-4-6-14(7-5-12)24-18(26)16(9-11-2-1-3-13(21)8-11)27-19(24)15(10-22)17(23)25/h1-8,16H,9H2,(H2,23,25)/b19-15-. The van der Waals surface area contributed by atoms with Crippen LogP contribution in [0.25, 0.3) is 0 Å². The third-order valence-corrected chi connectivity index (χ3v) is 6.20. The van der Waals surface area contributed by atoms with Crippen LogP contribution in [0.2, 0.25) is 0 Å². The van der Waals surface area contributed by atoms with Crippen molar-refractivity contribution in [2.75, 3.05) is 4.90 Å². The van der Waals surface area contributed by atoms with Gasteiger partial charge in [0.2, 0.25) is 5.91 Å². The van der Waals surface area contributed by atoms with E-state index in [-0.39, 0.29) is 16.5 Å². The topological polar surface area (TPSA) is 87.2 Å². The molecule has 1 atom stereocenters. The third-order valence-electron chi connectivity index (χ3n) is 3.92. The highest BCUT2D eigenvalue weighted by Crippen LogP contribution is 2.42. The fourth-order valence-corrected chi connectivity index (χ4v) is 4.73. The lowest BCUT2D eigenvalue weighted by Crippen LogP contribution is -2.31. The maximum atomic E-state index is 13.1. The molecule has 1 aliphatic heterocycles. The number of nitrogens with zero attached hydrogens (tertiary/aromatic N) is 2. The lowest BCUT2D eigenvalue weighted by molar-refractivity contribution is -0.117. The Hall–Kier alpha value is -2.08. The summed E-state index contributed by atoms with van der Waals surface area (Å²) in [6.45, 7) is 0. The second kappa shape index (κ2) is 8.30. The summed E-state index contributed by atoms with van der Waals surface area (Å²) in [5.74, 6) is -1.04. The van der Waals surface area contributed by atoms with E-state index >= 15 is 0 Å². The predicted octanol–water partition coefficient (Wildman–Crippen LogP) is 4.12. The fraction of sp³-hybridized carbons (Fsp3) is 0.105. The second-order valence-electron chi connectivity index (χ2n) is 5.75. The van der Waals surface area contributed by atoms with Crippen molar-refractivity contribution in [3.8, 4) is 6.07 Å². The van der Waals surface area contributed by atoms with Crippen LogP contribution in [0.1, 0.15) is 5.56 Å². The number of halogens is 2. The summed E-state index contributed by atoms with van der Waals surface area (Å²) in [6.07, 6.45) is 0.469. The molecule has 0 bridgehead atoms. The first-order valence-electron chi connectivity index (χ1n) is 7.85. The van der Waals surface area contributed by atoms with Gasteiger partial charge in [0.1, 0.15) is 16.7 Å². The van der Waals surface area contributed by atoms with Gasteiger partial charge in [-0.05, 0) is 48.4 Å². The highest BCUT2D eigenvalue weighted by atomic mass is 79.9. The number of nitrogens with two attached hydrogens (primary N) is 1.